The van der Waals surface area contributed by atoms with E-state index < -0.39 is 0 Å². The van der Waals surface area contributed by atoms with Crippen LogP contribution in [0.5, 0.6) is 0 Å². The van der Waals surface area contributed by atoms with Crippen LogP contribution in [0.3, 0.4) is 0 Å². The first kappa shape index (κ1) is 15.5. The van der Waals surface area contributed by atoms with E-state index in [9.17, 15) is 14.0 Å². The number of nitrogens with zero attached hydrogens (tertiary/aromatic N) is 1. The molecule has 2 amide bonds. The Balaban J connectivity index is 2.01. The van der Waals surface area contributed by atoms with Gasteiger partial charge < -0.3 is 10.2 Å². The van der Waals surface area contributed by atoms with Gasteiger partial charge in [-0.05, 0) is 51.0 Å². The van der Waals surface area contributed by atoms with Gasteiger partial charge in [0.25, 0.3) is 5.91 Å². The maximum Gasteiger partial charge on any atom is 0.253 e. The molecule has 114 valence electrons. The van der Waals surface area contributed by atoms with Gasteiger partial charge in [0, 0.05) is 24.7 Å². The van der Waals surface area contributed by atoms with Crippen LogP contribution in [0.1, 0.15) is 37.0 Å². The van der Waals surface area contributed by atoms with Gasteiger partial charge in [0.15, 0.2) is 0 Å². The van der Waals surface area contributed by atoms with E-state index in [1.54, 1.807) is 4.90 Å². The second-order valence-corrected chi connectivity index (χ2v) is 5.76. The van der Waals surface area contributed by atoms with Crippen LogP contribution >= 0.6 is 0 Å². The largest absolute Gasteiger partial charge is 0.354 e. The van der Waals surface area contributed by atoms with E-state index >= 15 is 0 Å². The van der Waals surface area contributed by atoms with Gasteiger partial charge in [0.1, 0.15) is 5.82 Å². The number of benzene rings is 1. The molecule has 1 N–H and O–H groups in total. The quantitative estimate of drug-likeness (QED) is 0.928. The number of hydrogen-bond acceptors (Lipinski definition) is 2. The Morgan fingerprint density at radius 1 is 1.29 bits per heavy atom. The van der Waals surface area contributed by atoms with Crippen molar-refractivity contribution in [1.82, 2.24) is 10.2 Å². The van der Waals surface area contributed by atoms with Crippen molar-refractivity contribution in [3.8, 4) is 0 Å². The van der Waals surface area contributed by atoms with E-state index in [0.29, 0.717) is 18.7 Å². The molecular weight excluding hydrogens is 271 g/mol. The monoisotopic (exact) mass is 292 g/mol. The molecule has 4 nitrogen and oxygen atoms in total. The standard InChI is InChI=1S/C16H21FN2O2/c1-11(2)18-15(20)13-4-3-9-19(10-13)16(21)12-5-7-14(17)8-6-12/h5-8,11,13H,3-4,9-10H2,1-2H3,(H,18,20)/t13-/m0/s1. The summed E-state index contributed by atoms with van der Waals surface area (Å²) in [4.78, 5) is 26.1. The fourth-order valence-electron chi connectivity index (χ4n) is 2.55. The summed E-state index contributed by atoms with van der Waals surface area (Å²) in [7, 11) is 0. The molecule has 0 saturated carbocycles. The molecule has 1 heterocycles. The number of carbonyl (C=O) groups is 2. The highest BCUT2D eigenvalue weighted by Crippen LogP contribution is 2.19. The molecule has 2 rings (SSSR count). The minimum absolute atomic E-state index is 0.00149. The summed E-state index contributed by atoms with van der Waals surface area (Å²) in [5.74, 6) is -0.663. The van der Waals surface area contributed by atoms with Crippen LogP contribution in [-0.4, -0.2) is 35.8 Å². The summed E-state index contributed by atoms with van der Waals surface area (Å²) >= 11 is 0. The smallest absolute Gasteiger partial charge is 0.253 e. The van der Waals surface area contributed by atoms with Crippen molar-refractivity contribution in [3.63, 3.8) is 0 Å². The predicted molar refractivity (Wildman–Crippen MR) is 78.3 cm³/mol. The zero-order valence-electron chi connectivity index (χ0n) is 12.4. The second kappa shape index (κ2) is 6.70. The summed E-state index contributed by atoms with van der Waals surface area (Å²) in [6, 6.07) is 5.62. The van der Waals surface area contributed by atoms with Gasteiger partial charge in [-0.1, -0.05) is 0 Å². The van der Waals surface area contributed by atoms with Crippen molar-refractivity contribution >= 4 is 11.8 Å². The Hall–Kier alpha value is -1.91. The fourth-order valence-corrected chi connectivity index (χ4v) is 2.55. The molecule has 21 heavy (non-hydrogen) atoms. The number of hydrogen-bond donors (Lipinski definition) is 1. The van der Waals surface area contributed by atoms with E-state index in [1.165, 1.54) is 24.3 Å². The average Bonchev–Trinajstić information content (AvgIpc) is 2.47. The fraction of sp³-hybridized carbons (Fsp3) is 0.500. The molecular formula is C16H21FN2O2. The number of halogens is 1. The molecule has 0 spiro atoms. The first-order valence-corrected chi connectivity index (χ1v) is 7.32. The first-order chi connectivity index (χ1) is 9.97. The lowest BCUT2D eigenvalue weighted by atomic mass is 9.96. The zero-order chi connectivity index (χ0) is 15.4. The lowest BCUT2D eigenvalue weighted by molar-refractivity contribution is -0.126. The van der Waals surface area contributed by atoms with Crippen LogP contribution in [0.4, 0.5) is 4.39 Å². The third-order valence-corrected chi connectivity index (χ3v) is 3.60. The number of carbonyl (C=O) groups excluding carboxylic acids is 2. The maximum absolute atomic E-state index is 12.9. The van der Waals surface area contributed by atoms with Crippen LogP contribution in [-0.2, 0) is 4.79 Å². The zero-order valence-corrected chi connectivity index (χ0v) is 12.4. The number of nitrogens with one attached hydrogen (secondary N) is 1. The lowest BCUT2D eigenvalue weighted by Crippen LogP contribution is -2.46. The number of amides is 2. The van der Waals surface area contributed by atoms with Crippen molar-refractivity contribution in [2.45, 2.75) is 32.7 Å². The summed E-state index contributed by atoms with van der Waals surface area (Å²) in [6.07, 6.45) is 1.61. The Bertz CT molecular complexity index is 514. The van der Waals surface area contributed by atoms with Crippen molar-refractivity contribution in [3.05, 3.63) is 35.6 Å². The van der Waals surface area contributed by atoms with Crippen LogP contribution in [0.25, 0.3) is 0 Å². The van der Waals surface area contributed by atoms with Crippen LogP contribution in [0.15, 0.2) is 24.3 Å². The average molecular weight is 292 g/mol. The minimum atomic E-state index is -0.362. The van der Waals surface area contributed by atoms with E-state index in [2.05, 4.69) is 5.32 Å². The molecule has 0 aromatic heterocycles. The summed E-state index contributed by atoms with van der Waals surface area (Å²) in [5, 5.41) is 2.89. The molecule has 1 saturated heterocycles. The summed E-state index contributed by atoms with van der Waals surface area (Å²) in [5.41, 5.74) is 0.460. The minimum Gasteiger partial charge on any atom is -0.354 e. The van der Waals surface area contributed by atoms with E-state index in [4.69, 9.17) is 0 Å². The van der Waals surface area contributed by atoms with Crippen molar-refractivity contribution in [2.24, 2.45) is 5.92 Å². The van der Waals surface area contributed by atoms with Crippen LogP contribution in [0.2, 0.25) is 0 Å². The third-order valence-electron chi connectivity index (χ3n) is 3.60. The molecule has 0 unspecified atom stereocenters. The summed E-state index contributed by atoms with van der Waals surface area (Å²) in [6.45, 7) is 4.90. The van der Waals surface area contributed by atoms with Gasteiger partial charge in [0.2, 0.25) is 5.91 Å². The van der Waals surface area contributed by atoms with Gasteiger partial charge in [-0.2, -0.15) is 0 Å². The van der Waals surface area contributed by atoms with E-state index in [1.807, 2.05) is 13.8 Å². The van der Waals surface area contributed by atoms with Gasteiger partial charge in [0.05, 0.1) is 5.92 Å². The topological polar surface area (TPSA) is 49.4 Å². The molecule has 1 aromatic carbocycles. The molecule has 0 radical (unpaired) electrons. The van der Waals surface area contributed by atoms with Crippen LogP contribution < -0.4 is 5.32 Å². The summed E-state index contributed by atoms with van der Waals surface area (Å²) < 4.78 is 12.9. The molecule has 0 bridgehead atoms. The first-order valence-electron chi connectivity index (χ1n) is 7.32. The number of rotatable bonds is 3. The molecule has 1 aliphatic heterocycles. The number of piperidine rings is 1. The lowest BCUT2D eigenvalue weighted by Gasteiger charge is -2.32. The molecule has 1 fully saturated rings. The van der Waals surface area contributed by atoms with Crippen molar-refractivity contribution < 1.29 is 14.0 Å². The molecule has 1 aliphatic rings. The Kier molecular flexibility index (Phi) is 4.94. The highest BCUT2D eigenvalue weighted by molar-refractivity contribution is 5.94. The molecule has 0 aliphatic carbocycles. The van der Waals surface area contributed by atoms with Gasteiger partial charge in [-0.15, -0.1) is 0 Å². The van der Waals surface area contributed by atoms with E-state index in [0.717, 1.165) is 12.8 Å². The van der Waals surface area contributed by atoms with Crippen molar-refractivity contribution in [2.75, 3.05) is 13.1 Å². The van der Waals surface area contributed by atoms with Gasteiger partial charge in [-0.3, -0.25) is 9.59 Å². The Morgan fingerprint density at radius 2 is 1.95 bits per heavy atom. The Morgan fingerprint density at radius 3 is 2.57 bits per heavy atom. The van der Waals surface area contributed by atoms with E-state index in [-0.39, 0.29) is 29.6 Å². The SMILES string of the molecule is CC(C)NC(=O)[C@H]1CCCN(C(=O)c2ccc(F)cc2)C1. The second-order valence-electron chi connectivity index (χ2n) is 5.76. The van der Waals surface area contributed by atoms with Gasteiger partial charge in [-0.25, -0.2) is 4.39 Å². The normalized spacial score (nSPS) is 18.7. The highest BCUT2D eigenvalue weighted by Gasteiger charge is 2.29. The third kappa shape index (κ3) is 4.03. The van der Waals surface area contributed by atoms with Gasteiger partial charge >= 0.3 is 0 Å². The number of likely N-dealkylation sites (tertiary alicyclic amines) is 1. The highest BCUT2D eigenvalue weighted by atomic mass is 19.1. The van der Waals surface area contributed by atoms with Crippen molar-refractivity contribution in [1.29, 1.82) is 0 Å². The molecule has 1 aromatic rings. The van der Waals surface area contributed by atoms with Crippen LogP contribution in [0, 0.1) is 11.7 Å². The maximum atomic E-state index is 12.9. The molecule has 5 heteroatoms. The molecule has 1 atom stereocenters. The predicted octanol–water partition coefficient (Wildman–Crippen LogP) is 2.20. The Labute approximate surface area is 124 Å².